The molecule has 1 aromatic carbocycles. The maximum Gasteiger partial charge on any atom is 0.248 e. The highest BCUT2D eigenvalue weighted by molar-refractivity contribution is 5.33. The van der Waals surface area contributed by atoms with Crippen LogP contribution >= 0.6 is 0 Å². The molecular formula is C12H15F2N. The molecule has 0 aliphatic heterocycles. The molecular weight excluding hydrogens is 196 g/mol. The standard InChI is InChI=1S/C12H15F2N/c13-11(14)12(5-2-6-12)10-4-1-3-9(7-10)8-15/h1,3-4,7,11H,2,5-6,8,15H2. The second kappa shape index (κ2) is 3.89. The van der Waals surface area contributed by atoms with E-state index in [9.17, 15) is 8.78 Å². The third kappa shape index (κ3) is 1.65. The maximum atomic E-state index is 13.0. The fourth-order valence-electron chi connectivity index (χ4n) is 2.20. The van der Waals surface area contributed by atoms with Crippen molar-refractivity contribution >= 4 is 0 Å². The Labute approximate surface area is 88.3 Å². The van der Waals surface area contributed by atoms with Crippen molar-refractivity contribution in [1.82, 2.24) is 0 Å². The molecule has 1 saturated carbocycles. The maximum absolute atomic E-state index is 13.0. The summed E-state index contributed by atoms with van der Waals surface area (Å²) in [7, 11) is 0. The summed E-state index contributed by atoms with van der Waals surface area (Å²) in [6.07, 6.45) is -0.173. The molecule has 0 aromatic heterocycles. The smallest absolute Gasteiger partial charge is 0.248 e. The van der Waals surface area contributed by atoms with Crippen molar-refractivity contribution in [2.75, 3.05) is 0 Å². The zero-order chi connectivity index (χ0) is 10.9. The first-order valence-corrected chi connectivity index (χ1v) is 5.27. The summed E-state index contributed by atoms with van der Waals surface area (Å²) in [5.74, 6) is 0. The van der Waals surface area contributed by atoms with Gasteiger partial charge in [0.15, 0.2) is 0 Å². The van der Waals surface area contributed by atoms with Crippen LogP contribution in [-0.4, -0.2) is 6.43 Å². The van der Waals surface area contributed by atoms with Gasteiger partial charge in [0.25, 0.3) is 0 Å². The SMILES string of the molecule is NCc1cccc(C2(C(F)F)CCC2)c1. The van der Waals surface area contributed by atoms with Crippen molar-refractivity contribution in [2.24, 2.45) is 5.73 Å². The highest BCUT2D eigenvalue weighted by atomic mass is 19.3. The van der Waals surface area contributed by atoms with Crippen LogP contribution in [0, 0.1) is 0 Å². The van der Waals surface area contributed by atoms with E-state index >= 15 is 0 Å². The molecule has 0 amide bonds. The quantitative estimate of drug-likeness (QED) is 0.817. The van der Waals surface area contributed by atoms with E-state index in [-0.39, 0.29) is 0 Å². The first-order valence-electron chi connectivity index (χ1n) is 5.27. The molecule has 3 heteroatoms. The van der Waals surface area contributed by atoms with Gasteiger partial charge in [-0.3, -0.25) is 0 Å². The van der Waals surface area contributed by atoms with Gasteiger partial charge in [-0.15, -0.1) is 0 Å². The molecule has 0 unspecified atom stereocenters. The number of alkyl halides is 2. The number of benzene rings is 1. The van der Waals surface area contributed by atoms with E-state index in [1.54, 1.807) is 6.07 Å². The van der Waals surface area contributed by atoms with Crippen LogP contribution in [-0.2, 0) is 12.0 Å². The second-order valence-electron chi connectivity index (χ2n) is 4.21. The average Bonchev–Trinajstić information content (AvgIpc) is 2.16. The van der Waals surface area contributed by atoms with Crippen LogP contribution in [0.25, 0.3) is 0 Å². The van der Waals surface area contributed by atoms with Crippen molar-refractivity contribution in [3.63, 3.8) is 0 Å². The van der Waals surface area contributed by atoms with Gasteiger partial charge in [-0.25, -0.2) is 8.78 Å². The molecule has 1 aliphatic rings. The molecule has 1 aliphatic carbocycles. The van der Waals surface area contributed by atoms with Crippen molar-refractivity contribution in [3.8, 4) is 0 Å². The Morgan fingerprint density at radius 1 is 1.33 bits per heavy atom. The summed E-state index contributed by atoms with van der Waals surface area (Å²) in [5, 5.41) is 0. The topological polar surface area (TPSA) is 26.0 Å². The predicted octanol–water partition coefficient (Wildman–Crippen LogP) is 2.83. The minimum atomic E-state index is -2.26. The molecule has 0 heterocycles. The third-order valence-electron chi connectivity index (χ3n) is 3.40. The third-order valence-corrected chi connectivity index (χ3v) is 3.40. The van der Waals surface area contributed by atoms with Gasteiger partial charge in [-0.2, -0.15) is 0 Å². The van der Waals surface area contributed by atoms with Gasteiger partial charge >= 0.3 is 0 Å². The van der Waals surface area contributed by atoms with E-state index in [1.165, 1.54) is 0 Å². The van der Waals surface area contributed by atoms with Crippen LogP contribution in [0.4, 0.5) is 8.78 Å². The Morgan fingerprint density at radius 2 is 2.07 bits per heavy atom. The molecule has 0 radical (unpaired) electrons. The lowest BCUT2D eigenvalue weighted by Gasteiger charge is -2.41. The Bertz CT molecular complexity index is 345. The summed E-state index contributed by atoms with van der Waals surface area (Å²) in [6.45, 7) is 0.410. The lowest BCUT2D eigenvalue weighted by Crippen LogP contribution is -2.41. The summed E-state index contributed by atoms with van der Waals surface area (Å²) in [4.78, 5) is 0. The molecule has 0 saturated heterocycles. The molecule has 82 valence electrons. The Morgan fingerprint density at radius 3 is 2.53 bits per heavy atom. The zero-order valence-corrected chi connectivity index (χ0v) is 8.55. The van der Waals surface area contributed by atoms with E-state index < -0.39 is 11.8 Å². The first kappa shape index (κ1) is 10.6. The van der Waals surface area contributed by atoms with Crippen LogP contribution in [0.1, 0.15) is 30.4 Å². The molecule has 2 N–H and O–H groups in total. The molecule has 1 nitrogen and oxygen atoms in total. The van der Waals surface area contributed by atoms with Gasteiger partial charge in [-0.05, 0) is 24.0 Å². The number of rotatable bonds is 3. The van der Waals surface area contributed by atoms with Crippen molar-refractivity contribution < 1.29 is 8.78 Å². The molecule has 15 heavy (non-hydrogen) atoms. The van der Waals surface area contributed by atoms with Gasteiger partial charge in [0.05, 0.1) is 5.41 Å². The largest absolute Gasteiger partial charge is 0.326 e. The molecule has 2 rings (SSSR count). The predicted molar refractivity (Wildman–Crippen MR) is 55.9 cm³/mol. The highest BCUT2D eigenvalue weighted by Gasteiger charge is 2.46. The van der Waals surface area contributed by atoms with E-state index in [4.69, 9.17) is 5.73 Å². The molecule has 0 spiro atoms. The molecule has 0 bridgehead atoms. The highest BCUT2D eigenvalue weighted by Crippen LogP contribution is 2.48. The van der Waals surface area contributed by atoms with E-state index in [0.29, 0.717) is 19.4 Å². The molecule has 0 atom stereocenters. The summed E-state index contributed by atoms with van der Waals surface area (Å²) >= 11 is 0. The lowest BCUT2D eigenvalue weighted by atomic mass is 9.64. The normalized spacial score (nSPS) is 18.9. The van der Waals surface area contributed by atoms with Gasteiger partial charge in [0.1, 0.15) is 0 Å². The Balaban J connectivity index is 2.34. The van der Waals surface area contributed by atoms with Crippen molar-refractivity contribution in [1.29, 1.82) is 0 Å². The number of hydrogen-bond donors (Lipinski definition) is 1. The van der Waals surface area contributed by atoms with Crippen molar-refractivity contribution in [2.45, 2.75) is 37.6 Å². The van der Waals surface area contributed by atoms with Gasteiger partial charge in [0.2, 0.25) is 6.43 Å². The lowest BCUT2D eigenvalue weighted by molar-refractivity contribution is 0.000802. The van der Waals surface area contributed by atoms with Crippen LogP contribution in [0.2, 0.25) is 0 Å². The summed E-state index contributed by atoms with van der Waals surface area (Å²) in [5.41, 5.74) is 6.31. The first-order chi connectivity index (χ1) is 7.19. The van der Waals surface area contributed by atoms with E-state index in [2.05, 4.69) is 0 Å². The monoisotopic (exact) mass is 211 g/mol. The fraction of sp³-hybridized carbons (Fsp3) is 0.500. The zero-order valence-electron chi connectivity index (χ0n) is 8.55. The summed E-state index contributed by atoms with van der Waals surface area (Å²) < 4.78 is 26.1. The number of hydrogen-bond acceptors (Lipinski definition) is 1. The second-order valence-corrected chi connectivity index (χ2v) is 4.21. The average molecular weight is 211 g/mol. The van der Waals surface area contributed by atoms with E-state index in [1.807, 2.05) is 18.2 Å². The minimum absolute atomic E-state index is 0.410. The number of halogens is 2. The van der Waals surface area contributed by atoms with Gasteiger partial charge in [0, 0.05) is 6.54 Å². The van der Waals surface area contributed by atoms with Gasteiger partial charge in [-0.1, -0.05) is 30.7 Å². The Hall–Kier alpha value is -0.960. The van der Waals surface area contributed by atoms with Crippen LogP contribution in [0.3, 0.4) is 0 Å². The van der Waals surface area contributed by atoms with Crippen LogP contribution in [0.15, 0.2) is 24.3 Å². The molecule has 1 aromatic rings. The van der Waals surface area contributed by atoms with Gasteiger partial charge < -0.3 is 5.73 Å². The molecule has 1 fully saturated rings. The number of nitrogens with two attached hydrogens (primary N) is 1. The van der Waals surface area contributed by atoms with Crippen molar-refractivity contribution in [3.05, 3.63) is 35.4 Å². The minimum Gasteiger partial charge on any atom is -0.326 e. The fourth-order valence-corrected chi connectivity index (χ4v) is 2.20. The summed E-state index contributed by atoms with van der Waals surface area (Å²) in [6, 6.07) is 7.32. The van der Waals surface area contributed by atoms with Crippen LogP contribution < -0.4 is 5.73 Å². The Kier molecular flexibility index (Phi) is 2.74. The van der Waals surface area contributed by atoms with E-state index in [0.717, 1.165) is 17.5 Å². The van der Waals surface area contributed by atoms with Crippen LogP contribution in [0.5, 0.6) is 0 Å².